The summed E-state index contributed by atoms with van der Waals surface area (Å²) in [5, 5.41) is 6.22. The number of fused-ring (bicyclic) bond motifs is 4. The Morgan fingerprint density at radius 2 is 1.22 bits per heavy atom. The van der Waals surface area contributed by atoms with Gasteiger partial charge in [-0.15, -0.1) is 0 Å². The maximum absolute atomic E-state index is 3.63. The van der Waals surface area contributed by atoms with Gasteiger partial charge in [-0.25, -0.2) is 0 Å². The topological polar surface area (TPSA) is 12.0 Å². The molecule has 0 radical (unpaired) electrons. The van der Waals surface area contributed by atoms with Gasteiger partial charge in [0.2, 0.25) is 0 Å². The van der Waals surface area contributed by atoms with Crippen molar-refractivity contribution in [3.05, 3.63) is 120 Å². The Bertz CT molecular complexity index is 1590. The van der Waals surface area contributed by atoms with Crippen LogP contribution in [0.4, 0.5) is 11.4 Å². The molecule has 5 aromatic rings. The van der Waals surface area contributed by atoms with Gasteiger partial charge in [-0.05, 0) is 85.5 Å². The smallest absolute Gasteiger partial charge is 0.0387 e. The van der Waals surface area contributed by atoms with Crippen LogP contribution in [0, 0.1) is 0 Å². The van der Waals surface area contributed by atoms with Gasteiger partial charge in [-0.3, -0.25) is 0 Å². The minimum Gasteiger partial charge on any atom is -0.356 e. The van der Waals surface area contributed by atoms with Crippen LogP contribution in [-0.2, 0) is 10.8 Å². The lowest BCUT2D eigenvalue weighted by Crippen LogP contribution is -2.15. The van der Waals surface area contributed by atoms with Crippen molar-refractivity contribution in [2.24, 2.45) is 0 Å². The van der Waals surface area contributed by atoms with E-state index in [1.807, 2.05) is 0 Å². The average molecular weight is 468 g/mol. The molecular formula is C35H33N. The van der Waals surface area contributed by atoms with Crippen LogP contribution in [0.1, 0.15) is 51.3 Å². The molecule has 0 saturated carbocycles. The molecule has 5 aromatic carbocycles. The fourth-order valence-electron chi connectivity index (χ4n) is 5.68. The summed E-state index contributed by atoms with van der Waals surface area (Å²) in [6.07, 6.45) is 0. The van der Waals surface area contributed by atoms with Crippen molar-refractivity contribution in [3.8, 4) is 22.3 Å². The van der Waals surface area contributed by atoms with E-state index in [1.165, 1.54) is 49.7 Å². The summed E-state index contributed by atoms with van der Waals surface area (Å²) in [5.41, 5.74) is 11.7. The van der Waals surface area contributed by atoms with E-state index in [0.717, 1.165) is 11.4 Å². The summed E-state index contributed by atoms with van der Waals surface area (Å²) in [5.74, 6) is 0. The highest BCUT2D eigenvalue weighted by Gasteiger charge is 2.35. The highest BCUT2D eigenvalue weighted by molar-refractivity contribution is 5.97. The summed E-state index contributed by atoms with van der Waals surface area (Å²) < 4.78 is 0. The van der Waals surface area contributed by atoms with Gasteiger partial charge in [0.25, 0.3) is 0 Å². The average Bonchev–Trinajstić information content (AvgIpc) is 3.09. The van der Waals surface area contributed by atoms with Crippen molar-refractivity contribution in [1.82, 2.24) is 0 Å². The normalized spacial score (nSPS) is 13.9. The first-order valence-corrected chi connectivity index (χ1v) is 12.9. The van der Waals surface area contributed by atoms with E-state index < -0.39 is 0 Å². The SMILES string of the molecule is CC(C)(C)c1ccc(Nc2ccc3c(c2)C(C)(C)c2cc(-c4cccc5ccccc45)ccc2-3)cc1. The Morgan fingerprint density at radius 1 is 0.583 bits per heavy atom. The van der Waals surface area contributed by atoms with Crippen molar-refractivity contribution in [3.63, 3.8) is 0 Å². The number of rotatable bonds is 3. The van der Waals surface area contributed by atoms with Crippen molar-refractivity contribution in [2.75, 3.05) is 5.32 Å². The van der Waals surface area contributed by atoms with E-state index in [9.17, 15) is 0 Å². The highest BCUT2D eigenvalue weighted by atomic mass is 14.9. The summed E-state index contributed by atoms with van der Waals surface area (Å²) in [7, 11) is 0. The molecule has 6 rings (SSSR count). The molecule has 0 aromatic heterocycles. The Kier molecular flexibility index (Phi) is 5.09. The third-order valence-electron chi connectivity index (χ3n) is 7.82. The van der Waals surface area contributed by atoms with Crippen LogP contribution in [0.25, 0.3) is 33.0 Å². The fraction of sp³-hybridized carbons (Fsp3) is 0.200. The second-order valence-electron chi connectivity index (χ2n) is 11.6. The minimum absolute atomic E-state index is 0.0704. The molecular weight excluding hydrogens is 434 g/mol. The van der Waals surface area contributed by atoms with Gasteiger partial charge in [-0.2, -0.15) is 0 Å². The maximum atomic E-state index is 3.63. The Hall–Kier alpha value is -3.84. The van der Waals surface area contributed by atoms with Crippen molar-refractivity contribution >= 4 is 22.1 Å². The van der Waals surface area contributed by atoms with Crippen molar-refractivity contribution < 1.29 is 0 Å². The maximum Gasteiger partial charge on any atom is 0.0387 e. The quantitative estimate of drug-likeness (QED) is 0.278. The molecule has 1 aliphatic carbocycles. The molecule has 0 fully saturated rings. The number of benzene rings is 5. The number of anilines is 2. The second kappa shape index (κ2) is 8.10. The van der Waals surface area contributed by atoms with E-state index in [1.54, 1.807) is 0 Å². The summed E-state index contributed by atoms with van der Waals surface area (Å²) in [6.45, 7) is 11.5. The van der Waals surface area contributed by atoms with Gasteiger partial charge in [0.15, 0.2) is 0 Å². The van der Waals surface area contributed by atoms with Crippen molar-refractivity contribution in [2.45, 2.75) is 45.4 Å². The monoisotopic (exact) mass is 467 g/mol. The lowest BCUT2D eigenvalue weighted by Gasteiger charge is -2.23. The molecule has 0 spiro atoms. The lowest BCUT2D eigenvalue weighted by atomic mass is 9.81. The molecule has 36 heavy (non-hydrogen) atoms. The zero-order valence-electron chi connectivity index (χ0n) is 21.8. The molecule has 0 amide bonds. The van der Waals surface area contributed by atoms with Crippen LogP contribution in [0.3, 0.4) is 0 Å². The van der Waals surface area contributed by atoms with Gasteiger partial charge < -0.3 is 5.32 Å². The summed E-state index contributed by atoms with van der Waals surface area (Å²) in [4.78, 5) is 0. The third kappa shape index (κ3) is 3.71. The van der Waals surface area contributed by atoms with Gasteiger partial charge in [-0.1, -0.05) is 107 Å². The number of hydrogen-bond acceptors (Lipinski definition) is 1. The first-order valence-electron chi connectivity index (χ1n) is 12.9. The first-order chi connectivity index (χ1) is 17.2. The predicted molar refractivity (Wildman–Crippen MR) is 155 cm³/mol. The van der Waals surface area contributed by atoms with Crippen LogP contribution in [0.2, 0.25) is 0 Å². The lowest BCUT2D eigenvalue weighted by molar-refractivity contribution is 0.590. The van der Waals surface area contributed by atoms with E-state index in [0.29, 0.717) is 0 Å². The van der Waals surface area contributed by atoms with Gasteiger partial charge in [0, 0.05) is 16.8 Å². The molecule has 1 N–H and O–H groups in total. The first kappa shape index (κ1) is 22.6. The largest absolute Gasteiger partial charge is 0.356 e. The number of nitrogens with one attached hydrogen (secondary N) is 1. The standard InChI is InChI=1S/C35H33N/c1-34(2,3)25-14-16-26(17-15-25)36-27-18-20-31-30-19-13-24(21-32(30)35(4,5)33(31)22-27)29-12-8-10-23-9-6-7-11-28(23)29/h6-22,36H,1-5H3. The molecule has 178 valence electrons. The molecule has 0 saturated heterocycles. The molecule has 0 unspecified atom stereocenters. The van der Waals surface area contributed by atoms with E-state index in [-0.39, 0.29) is 10.8 Å². The molecule has 0 heterocycles. The second-order valence-corrected chi connectivity index (χ2v) is 11.6. The molecule has 1 aliphatic rings. The zero-order valence-corrected chi connectivity index (χ0v) is 21.8. The fourth-order valence-corrected chi connectivity index (χ4v) is 5.68. The van der Waals surface area contributed by atoms with Gasteiger partial charge >= 0.3 is 0 Å². The van der Waals surface area contributed by atoms with Crippen LogP contribution in [0.15, 0.2) is 103 Å². The molecule has 1 heteroatoms. The van der Waals surface area contributed by atoms with Crippen LogP contribution < -0.4 is 5.32 Å². The summed E-state index contributed by atoms with van der Waals surface area (Å²) >= 11 is 0. The minimum atomic E-state index is -0.0704. The van der Waals surface area contributed by atoms with Crippen LogP contribution in [0.5, 0.6) is 0 Å². The molecule has 1 nitrogen and oxygen atoms in total. The van der Waals surface area contributed by atoms with Gasteiger partial charge in [0.05, 0.1) is 0 Å². The van der Waals surface area contributed by atoms with E-state index in [4.69, 9.17) is 0 Å². The Morgan fingerprint density at radius 3 is 1.97 bits per heavy atom. The van der Waals surface area contributed by atoms with Crippen LogP contribution in [-0.4, -0.2) is 0 Å². The Balaban J connectivity index is 1.36. The third-order valence-corrected chi connectivity index (χ3v) is 7.82. The molecule has 0 bridgehead atoms. The molecule has 0 atom stereocenters. The van der Waals surface area contributed by atoms with Crippen LogP contribution >= 0.6 is 0 Å². The number of hydrogen-bond donors (Lipinski definition) is 1. The predicted octanol–water partition coefficient (Wildman–Crippen LogP) is 9.85. The van der Waals surface area contributed by atoms with Crippen molar-refractivity contribution in [1.29, 1.82) is 0 Å². The summed E-state index contributed by atoms with van der Waals surface area (Å²) in [6, 6.07) is 37.9. The van der Waals surface area contributed by atoms with E-state index in [2.05, 4.69) is 143 Å². The molecule has 0 aliphatic heterocycles. The zero-order chi connectivity index (χ0) is 25.1. The van der Waals surface area contributed by atoms with Gasteiger partial charge in [0.1, 0.15) is 0 Å². The highest BCUT2D eigenvalue weighted by Crippen LogP contribution is 2.50. The Labute approximate surface area is 214 Å². The van der Waals surface area contributed by atoms with E-state index >= 15 is 0 Å².